The highest BCUT2D eigenvalue weighted by Gasteiger charge is 2.21. The smallest absolute Gasteiger partial charge is 0.271 e. The van der Waals surface area contributed by atoms with Crippen LogP contribution >= 0.6 is 0 Å². The van der Waals surface area contributed by atoms with Gasteiger partial charge in [0, 0.05) is 31.1 Å². The Labute approximate surface area is 115 Å². The molecule has 0 unspecified atom stereocenters. The first-order chi connectivity index (χ1) is 9.47. The summed E-state index contributed by atoms with van der Waals surface area (Å²) in [5, 5.41) is 7.73. The SMILES string of the molecule is CN1N=C(C(=O)Nc2ccc(C(N)=O)cc2)CCC1=O. The number of primary amides is 1. The molecule has 3 amide bonds. The molecule has 1 aliphatic rings. The van der Waals surface area contributed by atoms with E-state index in [0.717, 1.165) is 5.01 Å². The number of carbonyl (C=O) groups is 3. The molecule has 7 heteroatoms. The van der Waals surface area contributed by atoms with Crippen LogP contribution in [0.1, 0.15) is 23.2 Å². The van der Waals surface area contributed by atoms with E-state index >= 15 is 0 Å². The molecular formula is C13H14N4O3. The molecule has 0 fully saturated rings. The number of hydrogen-bond acceptors (Lipinski definition) is 4. The Balaban J connectivity index is 2.06. The number of nitrogens with two attached hydrogens (primary N) is 1. The lowest BCUT2D eigenvalue weighted by atomic mass is 10.1. The van der Waals surface area contributed by atoms with E-state index in [1.807, 2.05) is 0 Å². The number of anilines is 1. The van der Waals surface area contributed by atoms with Crippen molar-refractivity contribution in [3.8, 4) is 0 Å². The van der Waals surface area contributed by atoms with Gasteiger partial charge in [-0.25, -0.2) is 5.01 Å². The maximum Gasteiger partial charge on any atom is 0.271 e. The number of benzene rings is 1. The predicted molar refractivity (Wildman–Crippen MR) is 73.0 cm³/mol. The van der Waals surface area contributed by atoms with Crippen molar-refractivity contribution < 1.29 is 14.4 Å². The molecule has 3 N–H and O–H groups in total. The molecule has 1 aliphatic heterocycles. The molecule has 0 aliphatic carbocycles. The van der Waals surface area contributed by atoms with Gasteiger partial charge in [0.25, 0.3) is 5.91 Å². The highest BCUT2D eigenvalue weighted by molar-refractivity contribution is 6.43. The van der Waals surface area contributed by atoms with Gasteiger partial charge in [-0.3, -0.25) is 14.4 Å². The molecule has 0 aromatic heterocycles. The average molecular weight is 274 g/mol. The second-order valence-electron chi connectivity index (χ2n) is 4.36. The maximum absolute atomic E-state index is 12.0. The molecule has 2 rings (SSSR count). The zero-order chi connectivity index (χ0) is 14.7. The lowest BCUT2D eigenvalue weighted by Gasteiger charge is -2.18. The van der Waals surface area contributed by atoms with E-state index in [0.29, 0.717) is 23.4 Å². The quantitative estimate of drug-likeness (QED) is 0.829. The van der Waals surface area contributed by atoms with Gasteiger partial charge in [0.05, 0.1) is 0 Å². The number of hydrazone groups is 1. The van der Waals surface area contributed by atoms with Crippen molar-refractivity contribution in [2.75, 3.05) is 12.4 Å². The molecule has 1 aromatic carbocycles. The molecule has 0 saturated carbocycles. The van der Waals surface area contributed by atoms with Gasteiger partial charge in [-0.2, -0.15) is 5.10 Å². The molecule has 20 heavy (non-hydrogen) atoms. The first kappa shape index (κ1) is 13.7. The summed E-state index contributed by atoms with van der Waals surface area (Å²) in [7, 11) is 1.51. The van der Waals surface area contributed by atoms with Crippen LogP contribution in [0.25, 0.3) is 0 Å². The van der Waals surface area contributed by atoms with Crippen LogP contribution in [0.4, 0.5) is 5.69 Å². The number of hydrogen-bond donors (Lipinski definition) is 2. The molecule has 0 atom stereocenters. The minimum Gasteiger partial charge on any atom is -0.366 e. The van der Waals surface area contributed by atoms with Crippen LogP contribution in [0.2, 0.25) is 0 Å². The van der Waals surface area contributed by atoms with E-state index in [1.165, 1.54) is 19.2 Å². The van der Waals surface area contributed by atoms with Crippen molar-refractivity contribution in [1.82, 2.24) is 5.01 Å². The van der Waals surface area contributed by atoms with Crippen LogP contribution < -0.4 is 11.1 Å². The third kappa shape index (κ3) is 3.00. The molecular weight excluding hydrogens is 260 g/mol. The zero-order valence-electron chi connectivity index (χ0n) is 10.9. The summed E-state index contributed by atoms with van der Waals surface area (Å²) in [6.07, 6.45) is 0.581. The monoisotopic (exact) mass is 274 g/mol. The Hall–Kier alpha value is -2.70. The molecule has 0 bridgehead atoms. The van der Waals surface area contributed by atoms with Gasteiger partial charge in [0.15, 0.2) is 0 Å². The van der Waals surface area contributed by atoms with Crippen LogP contribution in [0.3, 0.4) is 0 Å². The van der Waals surface area contributed by atoms with Crippen molar-refractivity contribution in [1.29, 1.82) is 0 Å². The summed E-state index contributed by atoms with van der Waals surface area (Å²) >= 11 is 0. The van der Waals surface area contributed by atoms with Gasteiger partial charge >= 0.3 is 0 Å². The number of rotatable bonds is 3. The normalized spacial score (nSPS) is 14.8. The fourth-order valence-electron chi connectivity index (χ4n) is 1.75. The first-order valence-electron chi connectivity index (χ1n) is 6.02. The second-order valence-corrected chi connectivity index (χ2v) is 4.36. The van der Waals surface area contributed by atoms with Gasteiger partial charge in [-0.1, -0.05) is 0 Å². The van der Waals surface area contributed by atoms with Crippen LogP contribution in [-0.4, -0.2) is 35.5 Å². The number of nitrogens with zero attached hydrogens (tertiary/aromatic N) is 2. The van der Waals surface area contributed by atoms with Gasteiger partial charge < -0.3 is 11.1 Å². The largest absolute Gasteiger partial charge is 0.366 e. The van der Waals surface area contributed by atoms with Crippen molar-refractivity contribution in [3.63, 3.8) is 0 Å². The standard InChI is InChI=1S/C13H14N4O3/c1-17-11(18)7-6-10(16-17)13(20)15-9-4-2-8(3-5-9)12(14)19/h2-5H,6-7H2,1H3,(H2,14,19)(H,15,20). The Bertz CT molecular complexity index is 592. The summed E-state index contributed by atoms with van der Waals surface area (Å²) in [4.78, 5) is 34.2. The van der Waals surface area contributed by atoms with E-state index in [-0.39, 0.29) is 18.2 Å². The van der Waals surface area contributed by atoms with Gasteiger partial charge in [0.1, 0.15) is 5.71 Å². The predicted octanol–water partition coefficient (Wildman–Crippen LogP) is 0.332. The van der Waals surface area contributed by atoms with Crippen molar-refractivity contribution in [2.45, 2.75) is 12.8 Å². The second kappa shape index (κ2) is 5.52. The first-order valence-corrected chi connectivity index (χ1v) is 6.02. The van der Waals surface area contributed by atoms with Crippen LogP contribution in [0.15, 0.2) is 29.4 Å². The van der Waals surface area contributed by atoms with E-state index in [9.17, 15) is 14.4 Å². The van der Waals surface area contributed by atoms with Gasteiger partial charge in [-0.15, -0.1) is 0 Å². The third-order valence-corrected chi connectivity index (χ3v) is 2.90. The highest BCUT2D eigenvalue weighted by Crippen LogP contribution is 2.12. The molecule has 1 heterocycles. The zero-order valence-corrected chi connectivity index (χ0v) is 10.9. The fourth-order valence-corrected chi connectivity index (χ4v) is 1.75. The summed E-state index contributed by atoms with van der Waals surface area (Å²) in [6.45, 7) is 0. The van der Waals surface area contributed by atoms with E-state index in [4.69, 9.17) is 5.73 Å². The Morgan fingerprint density at radius 2 is 1.90 bits per heavy atom. The van der Waals surface area contributed by atoms with Crippen molar-refractivity contribution >= 4 is 29.1 Å². The van der Waals surface area contributed by atoms with E-state index in [2.05, 4.69) is 10.4 Å². The number of amides is 3. The summed E-state index contributed by atoms with van der Waals surface area (Å²) in [5.41, 5.74) is 6.32. The molecule has 7 nitrogen and oxygen atoms in total. The average Bonchev–Trinajstić information content (AvgIpc) is 2.42. The minimum atomic E-state index is -0.528. The molecule has 104 valence electrons. The lowest BCUT2D eigenvalue weighted by molar-refractivity contribution is -0.130. The van der Waals surface area contributed by atoms with Crippen LogP contribution in [0.5, 0.6) is 0 Å². The third-order valence-electron chi connectivity index (χ3n) is 2.90. The molecule has 0 radical (unpaired) electrons. The Morgan fingerprint density at radius 1 is 1.25 bits per heavy atom. The molecule has 1 aromatic rings. The lowest BCUT2D eigenvalue weighted by Crippen LogP contribution is -2.34. The van der Waals surface area contributed by atoms with E-state index < -0.39 is 5.91 Å². The Kier molecular flexibility index (Phi) is 3.79. The van der Waals surface area contributed by atoms with Crippen molar-refractivity contribution in [3.05, 3.63) is 29.8 Å². The molecule has 0 spiro atoms. The summed E-state index contributed by atoms with van der Waals surface area (Å²) in [6, 6.07) is 6.21. The topological polar surface area (TPSA) is 105 Å². The van der Waals surface area contributed by atoms with E-state index in [1.54, 1.807) is 12.1 Å². The van der Waals surface area contributed by atoms with Gasteiger partial charge in [-0.05, 0) is 24.3 Å². The maximum atomic E-state index is 12.0. The summed E-state index contributed by atoms with van der Waals surface area (Å²) < 4.78 is 0. The number of carbonyl (C=O) groups excluding carboxylic acids is 3. The highest BCUT2D eigenvalue weighted by atomic mass is 16.2. The summed E-state index contributed by atoms with van der Waals surface area (Å²) in [5.74, 6) is -1.01. The number of nitrogens with one attached hydrogen (secondary N) is 1. The van der Waals surface area contributed by atoms with Gasteiger partial charge in [0.2, 0.25) is 11.8 Å². The molecule has 0 saturated heterocycles. The fraction of sp³-hybridized carbons (Fsp3) is 0.231. The van der Waals surface area contributed by atoms with Crippen LogP contribution in [0, 0.1) is 0 Å². The van der Waals surface area contributed by atoms with Crippen molar-refractivity contribution in [2.24, 2.45) is 10.8 Å². The Morgan fingerprint density at radius 3 is 2.45 bits per heavy atom. The van der Waals surface area contributed by atoms with Crippen LogP contribution in [-0.2, 0) is 9.59 Å². The minimum absolute atomic E-state index is 0.118.